The zero-order valence-electron chi connectivity index (χ0n) is 29.6. The van der Waals surface area contributed by atoms with E-state index in [0.29, 0.717) is 17.9 Å². The van der Waals surface area contributed by atoms with Crippen molar-refractivity contribution in [3.05, 3.63) is 30.1 Å². The van der Waals surface area contributed by atoms with Gasteiger partial charge in [-0.2, -0.15) is 5.10 Å². The third-order valence-electron chi connectivity index (χ3n) is 8.53. The minimum absolute atomic E-state index is 0.0301. The maximum absolute atomic E-state index is 12.1. The summed E-state index contributed by atoms with van der Waals surface area (Å²) in [6.45, 7) is 27.7. The van der Waals surface area contributed by atoms with Crippen LogP contribution in [-0.4, -0.2) is 53.0 Å². The smallest absolute Gasteiger partial charge is 0.407 e. The molecule has 0 bridgehead atoms. The Morgan fingerprint density at radius 2 is 1.73 bits per heavy atom. The zero-order chi connectivity index (χ0) is 33.1. The minimum Gasteiger partial charge on any atom is -0.475 e. The monoisotopic (exact) mass is 629 g/mol. The summed E-state index contributed by atoms with van der Waals surface area (Å²) in [5.41, 5.74) is 1.30. The van der Waals surface area contributed by atoms with Gasteiger partial charge >= 0.3 is 6.09 Å². The second-order valence-electron chi connectivity index (χ2n) is 16.1. The molecule has 1 aliphatic carbocycles. The van der Waals surface area contributed by atoms with E-state index >= 15 is 0 Å². The van der Waals surface area contributed by atoms with Crippen LogP contribution in [0.1, 0.15) is 120 Å². The highest BCUT2D eigenvalue weighted by Gasteiger charge is 2.41. The topological polar surface area (TPSA) is 99.5 Å². The Labute approximate surface area is 267 Å². The number of amides is 1. The van der Waals surface area contributed by atoms with E-state index in [4.69, 9.17) is 19.0 Å². The van der Waals surface area contributed by atoms with Gasteiger partial charge in [0.05, 0.1) is 17.3 Å². The van der Waals surface area contributed by atoms with Crippen LogP contribution in [0, 0.1) is 0 Å². The van der Waals surface area contributed by atoms with Crippen LogP contribution in [0.4, 0.5) is 16.3 Å². The maximum Gasteiger partial charge on any atom is 0.407 e. The molecule has 2 aromatic heterocycles. The lowest BCUT2D eigenvalue weighted by Crippen LogP contribution is -2.43. The van der Waals surface area contributed by atoms with Gasteiger partial charge in [0.2, 0.25) is 5.88 Å². The number of hydrogen-bond acceptors (Lipinski definition) is 7. The summed E-state index contributed by atoms with van der Waals surface area (Å²) in [7, 11) is -1.81. The van der Waals surface area contributed by atoms with Gasteiger partial charge in [-0.05, 0) is 112 Å². The molecular formula is C34H59N5O4Si. The van der Waals surface area contributed by atoms with Crippen molar-refractivity contribution >= 4 is 25.9 Å². The van der Waals surface area contributed by atoms with Crippen molar-refractivity contribution in [3.63, 3.8) is 0 Å². The molecule has 3 rings (SSSR count). The van der Waals surface area contributed by atoms with E-state index in [1.807, 2.05) is 46.8 Å². The number of ether oxygens (including phenoxy) is 2. The average molecular weight is 630 g/mol. The van der Waals surface area contributed by atoms with Crippen LogP contribution in [0.2, 0.25) is 18.1 Å². The van der Waals surface area contributed by atoms with Gasteiger partial charge in [-0.3, -0.25) is 0 Å². The van der Waals surface area contributed by atoms with Crippen LogP contribution in [0.5, 0.6) is 5.88 Å². The van der Waals surface area contributed by atoms with Gasteiger partial charge in [0.1, 0.15) is 11.4 Å². The second-order valence-corrected chi connectivity index (χ2v) is 20.9. The van der Waals surface area contributed by atoms with E-state index < -0.39 is 20.0 Å². The summed E-state index contributed by atoms with van der Waals surface area (Å²) in [5, 5.41) is 11.8. The van der Waals surface area contributed by atoms with Gasteiger partial charge in [-0.25, -0.2) is 14.5 Å². The van der Waals surface area contributed by atoms with Crippen molar-refractivity contribution in [3.8, 4) is 5.88 Å². The largest absolute Gasteiger partial charge is 0.475 e. The fraction of sp³-hybridized carbons (Fsp3) is 0.735. The van der Waals surface area contributed by atoms with Crippen LogP contribution >= 0.6 is 0 Å². The molecule has 2 N–H and O–H groups in total. The lowest BCUT2D eigenvalue weighted by molar-refractivity contribution is 0.0502. The standard InChI is InChI=1S/C34H59N5O4Si/c1-23(36-31(40)42-33(6,7)8)14-15-24(2)41-30-21-26(18-19-35-30)37-29-22-28(38-39(29)32(3,4)5)25-16-17-27(20-25)43-44(12,13)34(9,10)11/h18-19,21-25,27H,14-17,20H2,1-13H3,(H,35,37)(H,36,40)/t23-,24-,25-,27+/m0/s1. The number of aromatic nitrogens is 3. The summed E-state index contributed by atoms with van der Waals surface area (Å²) in [4.78, 5) is 16.5. The van der Waals surface area contributed by atoms with Crippen LogP contribution < -0.4 is 15.4 Å². The Balaban J connectivity index is 1.63. The number of nitrogens with zero attached hydrogens (tertiary/aromatic N) is 3. The normalized spacial score (nSPS) is 19.4. The molecule has 1 saturated carbocycles. The number of carbonyl (C=O) groups excluding carboxylic acids is 1. The SMILES string of the molecule is C[C@@H](CC[C@H](C)Oc1cc(Nc2cc([C@H]3CC[C@@H](O[Si](C)(C)C(C)(C)C)C3)nn2C(C)(C)C)ccn1)NC(=O)OC(C)(C)C. The molecule has 1 amide bonds. The van der Waals surface area contributed by atoms with E-state index in [9.17, 15) is 4.79 Å². The number of hydrogen-bond donors (Lipinski definition) is 2. The van der Waals surface area contributed by atoms with Crippen molar-refractivity contribution < 1.29 is 18.7 Å². The third-order valence-corrected chi connectivity index (χ3v) is 13.1. The molecule has 4 atom stereocenters. The molecule has 2 aromatic rings. The summed E-state index contributed by atoms with van der Waals surface area (Å²) in [6.07, 6.45) is 6.31. The first-order valence-electron chi connectivity index (χ1n) is 16.3. The van der Waals surface area contributed by atoms with Crippen LogP contribution in [-0.2, 0) is 14.7 Å². The van der Waals surface area contributed by atoms with E-state index in [2.05, 4.69) is 81.0 Å². The first-order valence-corrected chi connectivity index (χ1v) is 19.2. The summed E-state index contributed by atoms with van der Waals surface area (Å²) >= 11 is 0. The van der Waals surface area contributed by atoms with Crippen molar-refractivity contribution in [1.82, 2.24) is 20.1 Å². The summed E-state index contributed by atoms with van der Waals surface area (Å²) < 4.78 is 20.4. The van der Waals surface area contributed by atoms with Gasteiger partial charge in [0.25, 0.3) is 0 Å². The highest BCUT2D eigenvalue weighted by molar-refractivity contribution is 6.74. The molecule has 0 unspecified atom stereocenters. The van der Waals surface area contributed by atoms with Gasteiger partial charge in [-0.15, -0.1) is 0 Å². The quantitative estimate of drug-likeness (QED) is 0.239. The number of anilines is 2. The molecule has 0 aliphatic heterocycles. The highest BCUT2D eigenvalue weighted by Crippen LogP contribution is 2.43. The predicted molar refractivity (Wildman–Crippen MR) is 182 cm³/mol. The Morgan fingerprint density at radius 1 is 1.05 bits per heavy atom. The molecule has 2 heterocycles. The van der Waals surface area contributed by atoms with Gasteiger partial charge in [-0.1, -0.05) is 20.8 Å². The number of alkyl carbamates (subject to hydrolysis) is 1. The highest BCUT2D eigenvalue weighted by atomic mass is 28.4. The molecule has 1 aliphatic rings. The predicted octanol–water partition coefficient (Wildman–Crippen LogP) is 8.90. The van der Waals surface area contributed by atoms with Crippen molar-refractivity contribution in [2.24, 2.45) is 0 Å². The molecule has 0 saturated heterocycles. The number of pyridine rings is 1. The number of rotatable bonds is 11. The maximum atomic E-state index is 12.1. The number of nitrogens with one attached hydrogen (secondary N) is 2. The first-order chi connectivity index (χ1) is 20.1. The summed E-state index contributed by atoms with van der Waals surface area (Å²) in [5.74, 6) is 1.89. The van der Waals surface area contributed by atoms with Crippen molar-refractivity contribution in [2.45, 2.75) is 162 Å². The zero-order valence-corrected chi connectivity index (χ0v) is 30.6. The Kier molecular flexibility index (Phi) is 11.3. The van der Waals surface area contributed by atoms with Crippen molar-refractivity contribution in [1.29, 1.82) is 0 Å². The van der Waals surface area contributed by atoms with Gasteiger partial charge in [0, 0.05) is 42.1 Å². The van der Waals surface area contributed by atoms with Gasteiger partial charge in [0.15, 0.2) is 8.32 Å². The molecule has 1 fully saturated rings. The average Bonchev–Trinajstić information content (AvgIpc) is 3.48. The molecule has 0 spiro atoms. The Morgan fingerprint density at radius 3 is 2.34 bits per heavy atom. The first kappa shape index (κ1) is 35.9. The molecule has 248 valence electrons. The van der Waals surface area contributed by atoms with E-state index in [1.165, 1.54) is 0 Å². The lowest BCUT2D eigenvalue weighted by Gasteiger charge is -2.38. The van der Waals surface area contributed by atoms with E-state index in [1.54, 1.807) is 6.20 Å². The molecule has 0 aromatic carbocycles. The van der Waals surface area contributed by atoms with Crippen LogP contribution in [0.25, 0.3) is 0 Å². The molecular weight excluding hydrogens is 570 g/mol. The summed E-state index contributed by atoms with van der Waals surface area (Å²) in [6, 6.07) is 6.05. The lowest BCUT2D eigenvalue weighted by atomic mass is 10.0. The molecule has 9 nitrogen and oxygen atoms in total. The fourth-order valence-corrected chi connectivity index (χ4v) is 6.54. The molecule has 44 heavy (non-hydrogen) atoms. The molecule has 10 heteroatoms. The second kappa shape index (κ2) is 13.8. The third kappa shape index (κ3) is 10.5. The fourth-order valence-electron chi connectivity index (χ4n) is 5.14. The van der Waals surface area contributed by atoms with E-state index in [-0.39, 0.29) is 22.7 Å². The Hall–Kier alpha value is -2.59. The molecule has 0 radical (unpaired) electrons. The van der Waals surface area contributed by atoms with Crippen LogP contribution in [0.15, 0.2) is 24.4 Å². The van der Waals surface area contributed by atoms with E-state index in [0.717, 1.165) is 49.3 Å². The van der Waals surface area contributed by atoms with Gasteiger partial charge < -0.3 is 24.5 Å². The minimum atomic E-state index is -1.81. The van der Waals surface area contributed by atoms with Crippen LogP contribution in [0.3, 0.4) is 0 Å². The number of carbonyl (C=O) groups is 1. The van der Waals surface area contributed by atoms with Crippen molar-refractivity contribution in [2.75, 3.05) is 5.32 Å². The Bertz CT molecular complexity index is 1240.